The van der Waals surface area contributed by atoms with Gasteiger partial charge in [0.25, 0.3) is 0 Å². The number of para-hydroxylation sites is 1. The molecule has 0 bridgehead atoms. The van der Waals surface area contributed by atoms with E-state index in [-0.39, 0.29) is 5.91 Å². The third-order valence-electron chi connectivity index (χ3n) is 3.88. The van der Waals surface area contributed by atoms with Crippen molar-refractivity contribution in [1.29, 1.82) is 0 Å². The largest absolute Gasteiger partial charge is 0.325 e. The van der Waals surface area contributed by atoms with Gasteiger partial charge in [-0.15, -0.1) is 0 Å². The van der Waals surface area contributed by atoms with Crippen molar-refractivity contribution < 1.29 is 4.79 Å². The van der Waals surface area contributed by atoms with Gasteiger partial charge in [-0.05, 0) is 31.0 Å². The van der Waals surface area contributed by atoms with E-state index in [0.717, 1.165) is 31.7 Å². The minimum absolute atomic E-state index is 0.0744. The number of piperidine rings is 1. The lowest BCUT2D eigenvalue weighted by Gasteiger charge is -2.36. The topological polar surface area (TPSA) is 44.4 Å². The summed E-state index contributed by atoms with van der Waals surface area (Å²) >= 11 is 0. The van der Waals surface area contributed by atoms with Crippen LogP contribution in [0.3, 0.4) is 0 Å². The average Bonchev–Trinajstić information content (AvgIpc) is 2.43. The Morgan fingerprint density at radius 1 is 1.35 bits per heavy atom. The summed E-state index contributed by atoms with van der Waals surface area (Å²) in [4.78, 5) is 14.3. The van der Waals surface area contributed by atoms with Gasteiger partial charge in [0.05, 0.1) is 6.54 Å². The molecule has 0 saturated carbocycles. The summed E-state index contributed by atoms with van der Waals surface area (Å²) in [5.74, 6) is 0.665. The molecule has 1 aliphatic heterocycles. The van der Waals surface area contributed by atoms with Crippen LogP contribution >= 0.6 is 0 Å². The average molecular weight is 275 g/mol. The van der Waals surface area contributed by atoms with Crippen LogP contribution in [0.4, 0.5) is 5.69 Å². The van der Waals surface area contributed by atoms with E-state index in [0.29, 0.717) is 18.5 Å². The van der Waals surface area contributed by atoms with Crippen LogP contribution in [-0.4, -0.2) is 43.0 Å². The zero-order valence-corrected chi connectivity index (χ0v) is 12.4. The van der Waals surface area contributed by atoms with Gasteiger partial charge < -0.3 is 10.6 Å². The molecule has 1 amide bonds. The maximum absolute atomic E-state index is 12.0. The number of hydrogen-bond donors (Lipinski definition) is 2. The van der Waals surface area contributed by atoms with Gasteiger partial charge >= 0.3 is 0 Å². The monoisotopic (exact) mass is 275 g/mol. The summed E-state index contributed by atoms with van der Waals surface area (Å²) in [5.41, 5.74) is 0.869. The molecule has 4 nitrogen and oxygen atoms in total. The molecular weight excluding hydrogens is 250 g/mol. The van der Waals surface area contributed by atoms with E-state index in [1.165, 1.54) is 0 Å². The van der Waals surface area contributed by atoms with Crippen molar-refractivity contribution in [3.05, 3.63) is 30.3 Å². The molecule has 1 aromatic rings. The van der Waals surface area contributed by atoms with E-state index in [1.807, 2.05) is 30.3 Å². The first-order valence-electron chi connectivity index (χ1n) is 7.49. The molecule has 1 aliphatic rings. The number of nitrogens with zero attached hydrogens (tertiary/aromatic N) is 1. The fraction of sp³-hybridized carbons (Fsp3) is 0.562. The highest BCUT2D eigenvalue weighted by Gasteiger charge is 2.26. The quantitative estimate of drug-likeness (QED) is 0.863. The van der Waals surface area contributed by atoms with Gasteiger partial charge in [0, 0.05) is 24.8 Å². The van der Waals surface area contributed by atoms with Crippen LogP contribution in [0.5, 0.6) is 0 Å². The van der Waals surface area contributed by atoms with Crippen LogP contribution in [0, 0.1) is 5.92 Å². The maximum atomic E-state index is 12.0. The molecule has 0 aromatic heterocycles. The molecule has 4 heteroatoms. The summed E-state index contributed by atoms with van der Waals surface area (Å²) < 4.78 is 0. The van der Waals surface area contributed by atoms with Gasteiger partial charge in [-0.3, -0.25) is 9.69 Å². The van der Waals surface area contributed by atoms with Gasteiger partial charge in [0.2, 0.25) is 5.91 Å². The van der Waals surface area contributed by atoms with Gasteiger partial charge in [-0.25, -0.2) is 0 Å². The van der Waals surface area contributed by atoms with Crippen molar-refractivity contribution in [3.63, 3.8) is 0 Å². The van der Waals surface area contributed by atoms with E-state index >= 15 is 0 Å². The number of likely N-dealkylation sites (tertiary alicyclic amines) is 1. The second kappa shape index (κ2) is 7.41. The van der Waals surface area contributed by atoms with Gasteiger partial charge in [0.15, 0.2) is 0 Å². The second-order valence-electron chi connectivity index (χ2n) is 5.58. The Morgan fingerprint density at radius 2 is 2.10 bits per heavy atom. The zero-order chi connectivity index (χ0) is 14.4. The number of benzene rings is 1. The van der Waals surface area contributed by atoms with E-state index < -0.39 is 0 Å². The van der Waals surface area contributed by atoms with Crippen molar-refractivity contribution >= 4 is 11.6 Å². The molecule has 1 heterocycles. The predicted octanol–water partition coefficient (Wildman–Crippen LogP) is 1.94. The Labute approximate surface area is 121 Å². The van der Waals surface area contributed by atoms with E-state index in [9.17, 15) is 4.79 Å². The smallest absolute Gasteiger partial charge is 0.238 e. The molecule has 0 radical (unpaired) electrons. The number of anilines is 1. The fourth-order valence-electron chi connectivity index (χ4n) is 2.87. The van der Waals surface area contributed by atoms with Crippen LogP contribution in [0.15, 0.2) is 30.3 Å². The highest BCUT2D eigenvalue weighted by Crippen LogP contribution is 2.16. The van der Waals surface area contributed by atoms with Crippen molar-refractivity contribution in [1.82, 2.24) is 10.2 Å². The Kier molecular flexibility index (Phi) is 5.56. The number of carbonyl (C=O) groups excluding carboxylic acids is 1. The lowest BCUT2D eigenvalue weighted by atomic mass is 9.94. The third kappa shape index (κ3) is 4.32. The first-order chi connectivity index (χ1) is 9.69. The molecule has 110 valence electrons. The molecular formula is C16H25N3O. The Morgan fingerprint density at radius 3 is 2.75 bits per heavy atom. The van der Waals surface area contributed by atoms with Crippen LogP contribution in [-0.2, 0) is 4.79 Å². The first-order valence-corrected chi connectivity index (χ1v) is 7.49. The first kappa shape index (κ1) is 15.0. The zero-order valence-electron chi connectivity index (χ0n) is 12.4. The second-order valence-corrected chi connectivity index (χ2v) is 5.58. The normalized spacial score (nSPS) is 23.5. The van der Waals surface area contributed by atoms with Crippen LogP contribution in [0.1, 0.15) is 20.3 Å². The van der Waals surface area contributed by atoms with Crippen molar-refractivity contribution in [2.24, 2.45) is 5.92 Å². The molecule has 1 aromatic carbocycles. The minimum atomic E-state index is 0.0744. The molecule has 0 spiro atoms. The van der Waals surface area contributed by atoms with Crippen molar-refractivity contribution in [2.45, 2.75) is 26.3 Å². The van der Waals surface area contributed by atoms with E-state index in [1.54, 1.807) is 0 Å². The van der Waals surface area contributed by atoms with Crippen LogP contribution in [0.25, 0.3) is 0 Å². The lowest BCUT2D eigenvalue weighted by molar-refractivity contribution is -0.117. The third-order valence-corrected chi connectivity index (χ3v) is 3.88. The highest BCUT2D eigenvalue weighted by molar-refractivity contribution is 5.92. The predicted molar refractivity (Wildman–Crippen MR) is 82.8 cm³/mol. The Hall–Kier alpha value is -1.39. The van der Waals surface area contributed by atoms with Gasteiger partial charge in [-0.2, -0.15) is 0 Å². The molecule has 2 N–H and O–H groups in total. The summed E-state index contributed by atoms with van der Waals surface area (Å²) in [6.45, 7) is 7.88. The number of hydrogen-bond acceptors (Lipinski definition) is 3. The minimum Gasteiger partial charge on any atom is -0.325 e. The molecule has 2 atom stereocenters. The number of carbonyl (C=O) groups is 1. The molecule has 2 unspecified atom stereocenters. The molecule has 1 saturated heterocycles. The number of rotatable bonds is 5. The number of amides is 1. The summed E-state index contributed by atoms with van der Waals surface area (Å²) in [5, 5.41) is 6.46. The summed E-state index contributed by atoms with van der Waals surface area (Å²) in [6, 6.07) is 10.2. The van der Waals surface area contributed by atoms with Crippen LogP contribution in [0.2, 0.25) is 0 Å². The maximum Gasteiger partial charge on any atom is 0.238 e. The SMILES string of the molecule is CCNC1CCN(CC(=O)Nc2ccccc2)CC1C. The van der Waals surface area contributed by atoms with E-state index in [2.05, 4.69) is 29.4 Å². The molecule has 0 aliphatic carbocycles. The van der Waals surface area contributed by atoms with Crippen molar-refractivity contribution in [3.8, 4) is 0 Å². The van der Waals surface area contributed by atoms with Crippen molar-refractivity contribution in [2.75, 3.05) is 31.5 Å². The Bertz CT molecular complexity index is 421. The number of nitrogens with one attached hydrogen (secondary N) is 2. The fourth-order valence-corrected chi connectivity index (χ4v) is 2.87. The highest BCUT2D eigenvalue weighted by atomic mass is 16.2. The van der Waals surface area contributed by atoms with E-state index in [4.69, 9.17) is 0 Å². The standard InChI is InChI=1S/C16H25N3O/c1-3-17-15-9-10-19(11-13(15)2)12-16(20)18-14-7-5-4-6-8-14/h4-8,13,15,17H,3,9-12H2,1-2H3,(H,18,20). The van der Waals surface area contributed by atoms with Crippen LogP contribution < -0.4 is 10.6 Å². The Balaban J connectivity index is 1.78. The van der Waals surface area contributed by atoms with Gasteiger partial charge in [0.1, 0.15) is 0 Å². The molecule has 2 rings (SSSR count). The molecule has 1 fully saturated rings. The molecule has 20 heavy (non-hydrogen) atoms. The van der Waals surface area contributed by atoms with Gasteiger partial charge in [-0.1, -0.05) is 32.0 Å². The summed E-state index contributed by atoms with van der Waals surface area (Å²) in [6.07, 6.45) is 1.12. The summed E-state index contributed by atoms with van der Waals surface area (Å²) in [7, 11) is 0. The lowest BCUT2D eigenvalue weighted by Crippen LogP contribution is -2.49.